The summed E-state index contributed by atoms with van der Waals surface area (Å²) in [7, 11) is 0. The first-order valence-electron chi connectivity index (χ1n) is 6.71. The monoisotopic (exact) mass is 277 g/mol. The number of amides is 1. The van der Waals surface area contributed by atoms with Crippen molar-refractivity contribution in [2.24, 2.45) is 0 Å². The van der Waals surface area contributed by atoms with Gasteiger partial charge in [0.2, 0.25) is 5.91 Å². The third-order valence-corrected chi connectivity index (χ3v) is 3.16. The maximum Gasteiger partial charge on any atom is 0.221 e. The fourth-order valence-corrected chi connectivity index (χ4v) is 2.17. The summed E-state index contributed by atoms with van der Waals surface area (Å²) in [6, 6.07) is 15.7. The van der Waals surface area contributed by atoms with E-state index in [0.29, 0.717) is 0 Å². The number of hydrogen-bond acceptors (Lipinski definition) is 2. The Kier molecular flexibility index (Phi) is 3.51. The van der Waals surface area contributed by atoms with Crippen LogP contribution in [0.2, 0.25) is 0 Å². The third-order valence-electron chi connectivity index (χ3n) is 3.16. The summed E-state index contributed by atoms with van der Waals surface area (Å²) in [6.45, 7) is 1.50. The summed E-state index contributed by atoms with van der Waals surface area (Å²) in [4.78, 5) is 11.0. The highest BCUT2D eigenvalue weighted by atomic mass is 16.1. The minimum Gasteiger partial charge on any atom is -0.326 e. The second kappa shape index (κ2) is 5.63. The number of nitrogens with zero attached hydrogens (tertiary/aromatic N) is 1. The molecule has 0 radical (unpaired) electrons. The summed E-state index contributed by atoms with van der Waals surface area (Å²) in [5.74, 6) is -0.0683. The van der Waals surface area contributed by atoms with Gasteiger partial charge >= 0.3 is 0 Å². The molecule has 0 bridgehead atoms. The number of H-pyrrole nitrogens is 1. The highest BCUT2D eigenvalue weighted by Crippen LogP contribution is 2.18. The molecule has 1 aromatic heterocycles. The maximum absolute atomic E-state index is 11.0. The molecule has 0 atom stereocenters. The van der Waals surface area contributed by atoms with Crippen LogP contribution in [0.25, 0.3) is 23.1 Å². The second-order valence-corrected chi connectivity index (χ2v) is 4.79. The molecule has 2 aromatic carbocycles. The third kappa shape index (κ3) is 3.00. The molecular formula is C17H15N3O. The molecular weight excluding hydrogens is 262 g/mol. The largest absolute Gasteiger partial charge is 0.326 e. The first-order chi connectivity index (χ1) is 10.2. The average Bonchev–Trinajstić information content (AvgIpc) is 2.89. The summed E-state index contributed by atoms with van der Waals surface area (Å²) in [5.41, 5.74) is 3.79. The molecule has 4 nitrogen and oxygen atoms in total. The lowest BCUT2D eigenvalue weighted by Gasteiger charge is -2.01. The molecule has 3 rings (SSSR count). The van der Waals surface area contributed by atoms with Crippen LogP contribution in [-0.4, -0.2) is 16.1 Å². The quantitative estimate of drug-likeness (QED) is 0.767. The van der Waals surface area contributed by atoms with Crippen LogP contribution in [-0.2, 0) is 4.79 Å². The zero-order chi connectivity index (χ0) is 14.7. The molecule has 0 aliphatic heterocycles. The van der Waals surface area contributed by atoms with Gasteiger partial charge in [-0.25, -0.2) is 0 Å². The van der Waals surface area contributed by atoms with Gasteiger partial charge in [-0.1, -0.05) is 36.4 Å². The summed E-state index contributed by atoms with van der Waals surface area (Å²) in [6.07, 6.45) is 3.98. The fourth-order valence-electron chi connectivity index (χ4n) is 2.17. The van der Waals surface area contributed by atoms with Crippen LogP contribution in [0.15, 0.2) is 48.5 Å². The number of aromatic nitrogens is 2. The smallest absolute Gasteiger partial charge is 0.221 e. The lowest BCUT2D eigenvalue weighted by atomic mass is 10.1. The molecule has 4 heteroatoms. The zero-order valence-corrected chi connectivity index (χ0v) is 11.6. The van der Waals surface area contributed by atoms with Crippen molar-refractivity contribution in [3.8, 4) is 0 Å². The molecule has 0 saturated carbocycles. The molecule has 104 valence electrons. The minimum absolute atomic E-state index is 0.0683. The number of nitrogens with one attached hydrogen (secondary N) is 2. The molecule has 0 saturated heterocycles. The van der Waals surface area contributed by atoms with Crippen LogP contribution in [0.4, 0.5) is 5.69 Å². The van der Waals surface area contributed by atoms with Crippen molar-refractivity contribution in [3.63, 3.8) is 0 Å². The number of carbonyl (C=O) groups is 1. The number of carbonyl (C=O) groups excluding carboxylic acids is 1. The van der Waals surface area contributed by atoms with Crippen LogP contribution in [0.3, 0.4) is 0 Å². The van der Waals surface area contributed by atoms with Crippen molar-refractivity contribution in [3.05, 3.63) is 59.8 Å². The molecule has 0 unspecified atom stereocenters. The molecule has 1 amide bonds. The van der Waals surface area contributed by atoms with Crippen LogP contribution >= 0.6 is 0 Å². The number of aromatic amines is 1. The highest BCUT2D eigenvalue weighted by molar-refractivity contribution is 5.90. The number of rotatable bonds is 3. The van der Waals surface area contributed by atoms with Gasteiger partial charge in [-0.15, -0.1) is 0 Å². The van der Waals surface area contributed by atoms with Gasteiger partial charge in [0, 0.05) is 18.0 Å². The lowest BCUT2D eigenvalue weighted by Crippen LogP contribution is -2.05. The Hall–Kier alpha value is -2.88. The highest BCUT2D eigenvalue weighted by Gasteiger charge is 2.00. The molecule has 1 heterocycles. The van der Waals surface area contributed by atoms with E-state index in [1.807, 2.05) is 60.7 Å². The van der Waals surface area contributed by atoms with Gasteiger partial charge < -0.3 is 5.32 Å². The Morgan fingerprint density at radius 1 is 1.10 bits per heavy atom. The average molecular weight is 277 g/mol. The fraction of sp³-hybridized carbons (Fsp3) is 0.0588. The van der Waals surface area contributed by atoms with E-state index in [2.05, 4.69) is 15.5 Å². The van der Waals surface area contributed by atoms with Crippen molar-refractivity contribution in [1.82, 2.24) is 10.2 Å². The van der Waals surface area contributed by atoms with Gasteiger partial charge in [0.05, 0.1) is 11.2 Å². The van der Waals surface area contributed by atoms with E-state index in [1.165, 1.54) is 6.92 Å². The van der Waals surface area contributed by atoms with Crippen LogP contribution in [0.1, 0.15) is 18.2 Å². The van der Waals surface area contributed by atoms with Crippen molar-refractivity contribution in [1.29, 1.82) is 0 Å². The molecule has 0 aliphatic carbocycles. The zero-order valence-electron chi connectivity index (χ0n) is 11.6. The topological polar surface area (TPSA) is 57.8 Å². The minimum atomic E-state index is -0.0683. The van der Waals surface area contributed by atoms with Crippen molar-refractivity contribution >= 4 is 34.6 Å². The predicted molar refractivity (Wildman–Crippen MR) is 85.8 cm³/mol. The molecule has 2 N–H and O–H groups in total. The Bertz CT molecular complexity index is 800. The van der Waals surface area contributed by atoms with Crippen LogP contribution < -0.4 is 5.32 Å². The van der Waals surface area contributed by atoms with Gasteiger partial charge in [-0.05, 0) is 29.8 Å². The van der Waals surface area contributed by atoms with Gasteiger partial charge in [-0.2, -0.15) is 5.10 Å². The second-order valence-electron chi connectivity index (χ2n) is 4.79. The van der Waals surface area contributed by atoms with Crippen molar-refractivity contribution in [2.75, 3.05) is 5.32 Å². The number of hydrogen-bond donors (Lipinski definition) is 2. The van der Waals surface area contributed by atoms with E-state index in [-0.39, 0.29) is 5.91 Å². The number of fused-ring (bicyclic) bond motifs is 1. The van der Waals surface area contributed by atoms with E-state index in [4.69, 9.17) is 0 Å². The van der Waals surface area contributed by atoms with Crippen LogP contribution in [0, 0.1) is 0 Å². The number of benzene rings is 2. The van der Waals surface area contributed by atoms with E-state index in [0.717, 1.165) is 27.8 Å². The molecule has 0 fully saturated rings. The lowest BCUT2D eigenvalue weighted by molar-refractivity contribution is -0.114. The van der Waals surface area contributed by atoms with Crippen LogP contribution in [0.5, 0.6) is 0 Å². The SMILES string of the molecule is CC(=O)Nc1ccc(C=Cc2n[nH]c3ccccc23)cc1. The van der Waals surface area contributed by atoms with E-state index in [9.17, 15) is 4.79 Å². The summed E-state index contributed by atoms with van der Waals surface area (Å²) >= 11 is 0. The van der Waals surface area contributed by atoms with Crippen molar-refractivity contribution < 1.29 is 4.79 Å². The molecule has 3 aromatic rings. The van der Waals surface area contributed by atoms with Crippen molar-refractivity contribution in [2.45, 2.75) is 6.92 Å². The van der Waals surface area contributed by atoms with Gasteiger partial charge in [-0.3, -0.25) is 9.89 Å². The maximum atomic E-state index is 11.0. The Morgan fingerprint density at radius 2 is 1.86 bits per heavy atom. The molecule has 0 aliphatic rings. The van der Waals surface area contributed by atoms with Gasteiger partial charge in [0.1, 0.15) is 0 Å². The molecule has 0 spiro atoms. The predicted octanol–water partition coefficient (Wildman–Crippen LogP) is 3.69. The number of anilines is 1. The van der Waals surface area contributed by atoms with E-state index in [1.54, 1.807) is 0 Å². The van der Waals surface area contributed by atoms with Gasteiger partial charge in [0.15, 0.2) is 0 Å². The Balaban J connectivity index is 1.81. The molecule has 21 heavy (non-hydrogen) atoms. The summed E-state index contributed by atoms with van der Waals surface area (Å²) < 4.78 is 0. The Labute approximate surface area is 122 Å². The first-order valence-corrected chi connectivity index (χ1v) is 6.71. The van der Waals surface area contributed by atoms with E-state index < -0.39 is 0 Å². The normalized spacial score (nSPS) is 11.1. The Morgan fingerprint density at radius 3 is 2.62 bits per heavy atom. The van der Waals surface area contributed by atoms with Gasteiger partial charge in [0.25, 0.3) is 0 Å². The van der Waals surface area contributed by atoms with E-state index >= 15 is 0 Å². The summed E-state index contributed by atoms with van der Waals surface area (Å²) in [5, 5.41) is 11.2. The first kappa shape index (κ1) is 13.1. The number of para-hydroxylation sites is 1. The standard InChI is InChI=1S/C17H15N3O/c1-12(21)18-14-9-6-13(7-10-14)8-11-17-15-4-2-3-5-16(15)19-20-17/h2-11H,1H3,(H,18,21)(H,19,20).